The summed E-state index contributed by atoms with van der Waals surface area (Å²) >= 11 is 0. The quantitative estimate of drug-likeness (QED) is 0.767. The lowest BCUT2D eigenvalue weighted by Gasteiger charge is -2.31. The van der Waals surface area contributed by atoms with Gasteiger partial charge in [-0.05, 0) is 36.2 Å². The van der Waals surface area contributed by atoms with Gasteiger partial charge in [0, 0.05) is 6.07 Å². The molecule has 0 unspecified atom stereocenters. The van der Waals surface area contributed by atoms with E-state index in [-0.39, 0.29) is 16.3 Å². The maximum Gasteiger partial charge on any atom is 0.264 e. The Labute approximate surface area is 158 Å². The highest BCUT2D eigenvalue weighted by molar-refractivity contribution is 7.93. The van der Waals surface area contributed by atoms with Crippen molar-refractivity contribution in [2.45, 2.75) is 30.4 Å². The minimum atomic E-state index is -4.16. The van der Waals surface area contributed by atoms with Crippen LogP contribution in [0.1, 0.15) is 12.5 Å². The third-order valence-corrected chi connectivity index (χ3v) is 8.13. The SMILES string of the molecule is CCc1ccc(S(=O)(=O)N(c2cccc(O)c2)[C@@H]2CS(=O)(=O)C[C@H]2O)cc1. The number of anilines is 1. The molecular formula is C18H21NO6S2. The van der Waals surface area contributed by atoms with E-state index in [1.54, 1.807) is 12.1 Å². The number of rotatable bonds is 5. The summed E-state index contributed by atoms with van der Waals surface area (Å²) in [7, 11) is -7.74. The summed E-state index contributed by atoms with van der Waals surface area (Å²) in [6.45, 7) is 1.95. The van der Waals surface area contributed by atoms with Crippen molar-refractivity contribution in [1.29, 1.82) is 0 Å². The maximum atomic E-state index is 13.3. The number of phenolic OH excluding ortho intramolecular Hbond substituents is 1. The lowest BCUT2D eigenvalue weighted by atomic mass is 10.2. The number of phenols is 1. The Morgan fingerprint density at radius 1 is 1.11 bits per heavy atom. The maximum absolute atomic E-state index is 13.3. The second-order valence-electron chi connectivity index (χ2n) is 6.53. The number of aromatic hydroxyl groups is 1. The van der Waals surface area contributed by atoms with Crippen LogP contribution in [-0.4, -0.2) is 50.7 Å². The van der Waals surface area contributed by atoms with Crippen LogP contribution in [0.25, 0.3) is 0 Å². The molecule has 0 spiro atoms. The van der Waals surface area contributed by atoms with Gasteiger partial charge in [0.1, 0.15) is 5.75 Å². The van der Waals surface area contributed by atoms with Gasteiger partial charge in [0.2, 0.25) is 0 Å². The van der Waals surface area contributed by atoms with Crippen LogP contribution in [0.15, 0.2) is 53.4 Å². The van der Waals surface area contributed by atoms with Gasteiger partial charge >= 0.3 is 0 Å². The normalized spacial score (nSPS) is 21.9. The molecule has 2 aromatic carbocycles. The Kier molecular flexibility index (Phi) is 5.20. The zero-order valence-corrected chi connectivity index (χ0v) is 16.3. The zero-order valence-electron chi connectivity index (χ0n) is 14.7. The van der Waals surface area contributed by atoms with Gasteiger partial charge in [-0.25, -0.2) is 16.8 Å². The highest BCUT2D eigenvalue weighted by Crippen LogP contribution is 2.32. The van der Waals surface area contributed by atoms with E-state index in [9.17, 15) is 27.0 Å². The molecule has 3 rings (SSSR count). The molecule has 0 saturated carbocycles. The monoisotopic (exact) mass is 411 g/mol. The minimum Gasteiger partial charge on any atom is -0.508 e. The number of sulfonamides is 1. The minimum absolute atomic E-state index is 0.0143. The zero-order chi connectivity index (χ0) is 19.8. The average molecular weight is 412 g/mol. The smallest absolute Gasteiger partial charge is 0.264 e. The molecule has 0 bridgehead atoms. The molecule has 2 aromatic rings. The summed E-state index contributed by atoms with van der Waals surface area (Å²) in [6, 6.07) is 10.7. The Morgan fingerprint density at radius 2 is 1.78 bits per heavy atom. The third kappa shape index (κ3) is 3.95. The average Bonchev–Trinajstić information content (AvgIpc) is 2.87. The Balaban J connectivity index is 2.14. The number of aryl methyl sites for hydroxylation is 1. The molecule has 0 amide bonds. The van der Waals surface area contributed by atoms with Gasteiger partial charge in [0.25, 0.3) is 10.0 Å². The first kappa shape index (κ1) is 19.7. The van der Waals surface area contributed by atoms with Crippen molar-refractivity contribution in [2.75, 3.05) is 15.8 Å². The van der Waals surface area contributed by atoms with Crippen LogP contribution in [0.4, 0.5) is 5.69 Å². The third-order valence-electron chi connectivity index (χ3n) is 4.57. The van der Waals surface area contributed by atoms with E-state index >= 15 is 0 Å². The van der Waals surface area contributed by atoms with Gasteiger partial charge in [-0.2, -0.15) is 0 Å². The predicted molar refractivity (Wildman–Crippen MR) is 102 cm³/mol. The van der Waals surface area contributed by atoms with Crippen LogP contribution in [0.2, 0.25) is 0 Å². The van der Waals surface area contributed by atoms with Gasteiger partial charge in [-0.1, -0.05) is 25.1 Å². The number of hydrogen-bond acceptors (Lipinski definition) is 6. The number of nitrogens with zero attached hydrogens (tertiary/aromatic N) is 1. The lowest BCUT2D eigenvalue weighted by Crippen LogP contribution is -2.47. The number of hydrogen-bond donors (Lipinski definition) is 2. The molecule has 1 saturated heterocycles. The van der Waals surface area contributed by atoms with Gasteiger partial charge in [-0.3, -0.25) is 4.31 Å². The van der Waals surface area contributed by atoms with Crippen LogP contribution in [-0.2, 0) is 26.3 Å². The van der Waals surface area contributed by atoms with Crippen molar-refractivity contribution >= 4 is 25.5 Å². The second-order valence-corrected chi connectivity index (χ2v) is 10.5. The molecule has 146 valence electrons. The Hall–Kier alpha value is -2.10. The van der Waals surface area contributed by atoms with Crippen LogP contribution < -0.4 is 4.31 Å². The van der Waals surface area contributed by atoms with Crippen LogP contribution in [0.5, 0.6) is 5.75 Å². The Morgan fingerprint density at radius 3 is 2.30 bits per heavy atom. The first-order valence-corrected chi connectivity index (χ1v) is 11.7. The van der Waals surface area contributed by atoms with Crippen LogP contribution in [0, 0.1) is 0 Å². The molecule has 0 aliphatic carbocycles. The predicted octanol–water partition coefficient (Wildman–Crippen LogP) is 1.31. The van der Waals surface area contributed by atoms with E-state index in [0.717, 1.165) is 16.3 Å². The summed E-state index contributed by atoms with van der Waals surface area (Å²) < 4.78 is 51.5. The van der Waals surface area contributed by atoms with Crippen molar-refractivity contribution in [3.05, 3.63) is 54.1 Å². The van der Waals surface area contributed by atoms with Crippen molar-refractivity contribution < 1.29 is 27.0 Å². The van der Waals surface area contributed by atoms with Crippen LogP contribution in [0.3, 0.4) is 0 Å². The number of aliphatic hydroxyl groups excluding tert-OH is 1. The molecule has 0 radical (unpaired) electrons. The fourth-order valence-corrected chi connectivity index (χ4v) is 6.72. The molecule has 1 fully saturated rings. The van der Waals surface area contributed by atoms with Crippen LogP contribution >= 0.6 is 0 Å². The first-order valence-electron chi connectivity index (χ1n) is 8.45. The standard InChI is InChI=1S/C18H21NO6S2/c1-2-13-6-8-16(9-7-13)27(24,25)19(14-4-3-5-15(20)10-14)17-11-26(22,23)12-18(17)21/h3-10,17-18,20-21H,2,11-12H2,1H3/t17-,18-/m1/s1. The fraction of sp³-hybridized carbons (Fsp3) is 0.333. The summed E-state index contributed by atoms with van der Waals surface area (Å²) in [5, 5.41) is 20.0. The molecule has 1 aliphatic rings. The summed E-state index contributed by atoms with van der Waals surface area (Å²) in [6.07, 6.45) is -0.613. The van der Waals surface area contributed by atoms with Crippen molar-refractivity contribution in [3.63, 3.8) is 0 Å². The summed E-state index contributed by atoms with van der Waals surface area (Å²) in [4.78, 5) is -0.0143. The molecule has 27 heavy (non-hydrogen) atoms. The van der Waals surface area contributed by atoms with E-state index < -0.39 is 43.5 Å². The van der Waals surface area contributed by atoms with Crippen molar-refractivity contribution in [1.82, 2.24) is 0 Å². The topological polar surface area (TPSA) is 112 Å². The Bertz CT molecular complexity index is 1030. The number of aliphatic hydroxyl groups is 1. The van der Waals surface area contributed by atoms with Gasteiger partial charge < -0.3 is 10.2 Å². The summed E-state index contributed by atoms with van der Waals surface area (Å²) in [5.74, 6) is -1.16. The van der Waals surface area contributed by atoms with Gasteiger partial charge in [0.05, 0.1) is 34.2 Å². The molecule has 1 heterocycles. The van der Waals surface area contributed by atoms with Gasteiger partial charge in [0.15, 0.2) is 9.84 Å². The molecule has 2 atom stereocenters. The molecule has 2 N–H and O–H groups in total. The summed E-state index contributed by atoms with van der Waals surface area (Å²) in [5.41, 5.74) is 1.05. The largest absolute Gasteiger partial charge is 0.508 e. The van der Waals surface area contributed by atoms with Crippen molar-refractivity contribution in [3.8, 4) is 5.75 Å². The second kappa shape index (κ2) is 7.14. The number of sulfone groups is 1. The molecule has 1 aliphatic heterocycles. The number of benzene rings is 2. The van der Waals surface area contributed by atoms with E-state index in [4.69, 9.17) is 0 Å². The molecule has 0 aromatic heterocycles. The van der Waals surface area contributed by atoms with E-state index in [0.29, 0.717) is 0 Å². The molecular weight excluding hydrogens is 390 g/mol. The van der Waals surface area contributed by atoms with E-state index in [1.165, 1.54) is 36.4 Å². The van der Waals surface area contributed by atoms with Crippen molar-refractivity contribution in [2.24, 2.45) is 0 Å². The highest BCUT2D eigenvalue weighted by Gasteiger charge is 2.45. The van der Waals surface area contributed by atoms with E-state index in [2.05, 4.69) is 0 Å². The molecule has 9 heteroatoms. The lowest BCUT2D eigenvalue weighted by molar-refractivity contribution is 0.184. The first-order chi connectivity index (χ1) is 12.6. The highest BCUT2D eigenvalue weighted by atomic mass is 32.2. The molecule has 7 nitrogen and oxygen atoms in total. The van der Waals surface area contributed by atoms with Gasteiger partial charge in [-0.15, -0.1) is 0 Å². The fourth-order valence-electron chi connectivity index (χ4n) is 3.18. The van der Waals surface area contributed by atoms with E-state index in [1.807, 2.05) is 6.92 Å².